The van der Waals surface area contributed by atoms with E-state index in [4.69, 9.17) is 0 Å². The van der Waals surface area contributed by atoms with Crippen LogP contribution in [0.3, 0.4) is 0 Å². The number of rotatable bonds is 5. The van der Waals surface area contributed by atoms with E-state index in [0.29, 0.717) is 0 Å². The summed E-state index contributed by atoms with van der Waals surface area (Å²) >= 11 is -2.73. The van der Waals surface area contributed by atoms with Gasteiger partial charge in [-0.15, -0.1) is 0 Å². The summed E-state index contributed by atoms with van der Waals surface area (Å²) in [5.41, 5.74) is 13.4. The molecule has 44 heavy (non-hydrogen) atoms. The molecule has 0 unspecified atom stereocenters. The molecule has 0 N–H and O–H groups in total. The van der Waals surface area contributed by atoms with Crippen LogP contribution < -0.4 is 28.1 Å². The fraction of sp³-hybridized carbons (Fsp3) is 0.293. The molecule has 0 fully saturated rings. The summed E-state index contributed by atoms with van der Waals surface area (Å²) in [5.74, 6) is 0. The zero-order valence-corrected chi connectivity index (χ0v) is 31.2. The van der Waals surface area contributed by atoms with Gasteiger partial charge in [-0.2, -0.15) is 0 Å². The van der Waals surface area contributed by atoms with Gasteiger partial charge in [-0.3, -0.25) is 0 Å². The molecule has 0 bridgehead atoms. The molecule has 0 heterocycles. The molecule has 0 aromatic heterocycles. The summed E-state index contributed by atoms with van der Waals surface area (Å²) in [6.45, 7) is 16.5. The average molecular weight is 699 g/mol. The van der Waals surface area contributed by atoms with Gasteiger partial charge in [-0.1, -0.05) is 0 Å². The Morgan fingerprint density at radius 1 is 0.727 bits per heavy atom. The monoisotopic (exact) mass is 696 g/mol. The van der Waals surface area contributed by atoms with Crippen molar-refractivity contribution in [2.75, 3.05) is 0 Å². The van der Waals surface area contributed by atoms with Gasteiger partial charge < -0.3 is 24.8 Å². The summed E-state index contributed by atoms with van der Waals surface area (Å²) in [7, 11) is 0. The molecule has 0 saturated heterocycles. The van der Waals surface area contributed by atoms with Crippen LogP contribution in [0.4, 0.5) is 0 Å². The third kappa shape index (κ3) is 6.63. The quantitative estimate of drug-likeness (QED) is 0.263. The average Bonchev–Trinajstić information content (AvgIpc) is 3.63. The molecule has 226 valence electrons. The van der Waals surface area contributed by atoms with E-state index in [1.54, 1.807) is 20.9 Å². The number of benzene rings is 4. The second kappa shape index (κ2) is 13.6. The smallest absolute Gasteiger partial charge is 1.00 e. The van der Waals surface area contributed by atoms with E-state index in [1.807, 2.05) is 0 Å². The van der Waals surface area contributed by atoms with E-state index in [2.05, 4.69) is 152 Å². The Balaban J connectivity index is 0.00000221. The molecule has 0 aliphatic heterocycles. The van der Waals surface area contributed by atoms with Gasteiger partial charge in [0.2, 0.25) is 0 Å². The molecule has 0 nitrogen and oxygen atoms in total. The van der Waals surface area contributed by atoms with E-state index in [0.717, 1.165) is 19.3 Å². The Labute approximate surface area is 285 Å². The van der Waals surface area contributed by atoms with Crippen molar-refractivity contribution in [1.82, 2.24) is 0 Å². The Hall–Kier alpha value is -2.31. The first-order valence-corrected chi connectivity index (χ1v) is 19.3. The van der Waals surface area contributed by atoms with Crippen molar-refractivity contribution < 1.29 is 46.1 Å². The number of allylic oxidation sites excluding steroid dienone is 4. The molecule has 0 spiro atoms. The number of fused-ring (bicyclic) bond motifs is 3. The van der Waals surface area contributed by atoms with Gasteiger partial charge in [0.05, 0.1) is 0 Å². The minimum Gasteiger partial charge on any atom is -1.00 e. The van der Waals surface area contributed by atoms with Crippen LogP contribution in [0.2, 0.25) is 0 Å². The summed E-state index contributed by atoms with van der Waals surface area (Å²) < 4.78 is 5.01. The standard InChI is InChI=1S/C21H25.C15H14.C5H5.2ClH.Zr/c1-20(2,3)16-7-9-18-14(12-16)11-15-13-17(21(4,5)6)8-10-19(15)18;1-2-13-8-10-15(11-9-13)12-14-6-4-3-5-7-14;1-2-4-5-3-1;;;/h7-10,12H,11H2,1-6H3;3-11H,2H2,1H3;1-3H,4H2;2*1H;/q;;;;;+2/p-2. The first-order chi connectivity index (χ1) is 20.1. The van der Waals surface area contributed by atoms with Crippen LogP contribution in [0.25, 0.3) is 11.1 Å². The van der Waals surface area contributed by atoms with Crippen molar-refractivity contribution in [2.24, 2.45) is 0 Å². The van der Waals surface area contributed by atoms with E-state index >= 15 is 0 Å². The molecule has 0 radical (unpaired) electrons. The van der Waals surface area contributed by atoms with Crippen LogP contribution >= 0.6 is 0 Å². The molecule has 0 atom stereocenters. The second-order valence-corrected chi connectivity index (χ2v) is 19.9. The van der Waals surface area contributed by atoms with E-state index in [9.17, 15) is 0 Å². The predicted molar refractivity (Wildman–Crippen MR) is 179 cm³/mol. The summed E-state index contributed by atoms with van der Waals surface area (Å²) in [5, 5.41) is 0. The van der Waals surface area contributed by atoms with Crippen molar-refractivity contribution in [3.05, 3.63) is 145 Å². The maximum atomic E-state index is 2.50. The van der Waals surface area contributed by atoms with Crippen molar-refractivity contribution in [3.8, 4) is 11.1 Å². The van der Waals surface area contributed by atoms with Crippen molar-refractivity contribution >= 4 is 6.48 Å². The minimum atomic E-state index is -2.73. The first-order valence-electron chi connectivity index (χ1n) is 15.6. The first kappa shape index (κ1) is 34.6. The molecule has 4 aromatic rings. The van der Waals surface area contributed by atoms with Crippen LogP contribution in [0, 0.1) is 0 Å². The van der Waals surface area contributed by atoms with Crippen LogP contribution in [-0.2, 0) is 44.9 Å². The normalized spacial score (nSPS) is 13.8. The van der Waals surface area contributed by atoms with Crippen LogP contribution in [0.1, 0.15) is 93.8 Å². The molecule has 2 aliphatic rings. The van der Waals surface area contributed by atoms with Gasteiger partial charge in [0.15, 0.2) is 0 Å². The maximum absolute atomic E-state index is 2.73. The third-order valence-electron chi connectivity index (χ3n) is 9.06. The Morgan fingerprint density at radius 2 is 1.39 bits per heavy atom. The van der Waals surface area contributed by atoms with Gasteiger partial charge in [0, 0.05) is 0 Å². The van der Waals surface area contributed by atoms with Crippen molar-refractivity contribution in [1.29, 1.82) is 0 Å². The Bertz CT molecular complexity index is 1740. The second-order valence-electron chi connectivity index (χ2n) is 14.1. The summed E-state index contributed by atoms with van der Waals surface area (Å²) in [4.78, 5) is 0. The molecular formula is C41H44Cl2Zr. The topological polar surface area (TPSA) is 0 Å². The van der Waals surface area contributed by atoms with E-state index in [-0.39, 0.29) is 35.6 Å². The number of hydrogen-bond acceptors (Lipinski definition) is 0. The molecule has 0 saturated carbocycles. The maximum Gasteiger partial charge on any atom is -1.00 e. The van der Waals surface area contributed by atoms with E-state index < -0.39 is 21.3 Å². The van der Waals surface area contributed by atoms with Crippen molar-refractivity contribution in [3.63, 3.8) is 0 Å². The van der Waals surface area contributed by atoms with Crippen LogP contribution in [0.15, 0.2) is 106 Å². The summed E-state index contributed by atoms with van der Waals surface area (Å²) in [6, 6.07) is 33.1. The number of halogens is 2. The van der Waals surface area contributed by atoms with Crippen molar-refractivity contribution in [2.45, 2.75) is 78.6 Å². The van der Waals surface area contributed by atoms with Gasteiger partial charge in [0.1, 0.15) is 0 Å². The SMILES string of the molecule is CCc1ccc(/[C](c2ccccc2)=[Zr+2](/[C]2=CC=CC2)[c]2c(C(C)(C)C)ccc3c2Cc2cc(C(C)(C)C)ccc2-3)cc1.[Cl-].[Cl-]. The molecular weight excluding hydrogens is 655 g/mol. The Morgan fingerprint density at radius 3 is 1.98 bits per heavy atom. The number of aryl methyl sites for hydroxylation is 1. The number of hydrogen-bond donors (Lipinski definition) is 0. The minimum absolute atomic E-state index is 0. The largest absolute Gasteiger partial charge is 1.00 e. The van der Waals surface area contributed by atoms with Crippen LogP contribution in [-0.4, -0.2) is 3.21 Å². The third-order valence-corrected chi connectivity index (χ3v) is 16.8. The van der Waals surface area contributed by atoms with Gasteiger partial charge in [0.25, 0.3) is 0 Å². The van der Waals surface area contributed by atoms with Crippen LogP contribution in [0.5, 0.6) is 0 Å². The van der Waals surface area contributed by atoms with Gasteiger partial charge in [-0.05, 0) is 0 Å². The zero-order valence-electron chi connectivity index (χ0n) is 27.2. The molecule has 6 rings (SSSR count). The molecule has 2 aliphatic carbocycles. The van der Waals surface area contributed by atoms with Gasteiger partial charge >= 0.3 is 263 Å². The fourth-order valence-electron chi connectivity index (χ4n) is 6.70. The molecule has 3 heteroatoms. The van der Waals surface area contributed by atoms with Gasteiger partial charge in [-0.25, -0.2) is 0 Å². The Kier molecular flexibility index (Phi) is 10.7. The molecule has 0 amide bonds. The molecule has 4 aromatic carbocycles. The summed E-state index contributed by atoms with van der Waals surface area (Å²) in [6.07, 6.45) is 10.3. The fourth-order valence-corrected chi connectivity index (χ4v) is 15.6. The predicted octanol–water partition coefficient (Wildman–Crippen LogP) is 3.78. The van der Waals surface area contributed by atoms with E-state index in [1.165, 1.54) is 38.9 Å². The zero-order chi connectivity index (χ0) is 29.6.